The largest absolute Gasteiger partial charge is 0.311 e. The van der Waals surface area contributed by atoms with Crippen LogP contribution in [0, 0.1) is 0 Å². The van der Waals surface area contributed by atoms with Crippen LogP contribution in [0.3, 0.4) is 0 Å². The van der Waals surface area contributed by atoms with E-state index in [1.807, 2.05) is 0 Å². The molecule has 0 radical (unpaired) electrons. The Hall–Kier alpha value is -7.25. The van der Waals surface area contributed by atoms with Crippen LogP contribution in [-0.4, -0.2) is 16.1 Å². The summed E-state index contributed by atoms with van der Waals surface area (Å²) in [5.41, 5.74) is 17.0. The predicted molar refractivity (Wildman–Crippen MR) is 292 cm³/mol. The Bertz CT molecular complexity index is 3160. The molecule has 0 spiro atoms. The maximum atomic E-state index is 2.41. The van der Waals surface area contributed by atoms with Crippen molar-refractivity contribution in [3.05, 3.63) is 218 Å². The minimum absolute atomic E-state index is 1.13. The highest BCUT2D eigenvalue weighted by Gasteiger charge is 2.31. The normalized spacial score (nSPS) is 12.1. The summed E-state index contributed by atoms with van der Waals surface area (Å²) in [6.45, 7) is 14.5. The predicted octanol–water partition coefficient (Wildman–Crippen LogP) is 17.0. The van der Waals surface area contributed by atoms with Crippen molar-refractivity contribution in [1.82, 2.24) is 0 Å². The van der Waals surface area contributed by atoms with Gasteiger partial charge in [0.05, 0.1) is 16.1 Å². The number of anilines is 6. The third-order valence-corrected chi connectivity index (χ3v) is 17.6. The van der Waals surface area contributed by atoms with Gasteiger partial charge in [0.2, 0.25) is 0 Å². The van der Waals surface area contributed by atoms with Gasteiger partial charge in [-0.1, -0.05) is 195 Å². The molecule has 1 aliphatic carbocycles. The van der Waals surface area contributed by atoms with Crippen molar-refractivity contribution in [2.75, 3.05) is 9.80 Å². The second-order valence-corrected chi connectivity index (χ2v) is 29.9. The quantitative estimate of drug-likeness (QED) is 0.126. The van der Waals surface area contributed by atoms with E-state index in [1.54, 1.807) is 0 Å². The Labute approximate surface area is 392 Å². The van der Waals surface area contributed by atoms with E-state index in [2.05, 4.69) is 267 Å². The van der Waals surface area contributed by atoms with Crippen molar-refractivity contribution in [1.29, 1.82) is 0 Å². The van der Waals surface area contributed by atoms with Crippen LogP contribution in [0.15, 0.2) is 218 Å². The van der Waals surface area contributed by atoms with Crippen LogP contribution in [0.2, 0.25) is 39.3 Å². The molecule has 0 heterocycles. The van der Waals surface area contributed by atoms with Crippen LogP contribution in [0.5, 0.6) is 0 Å². The van der Waals surface area contributed by atoms with Gasteiger partial charge in [-0.3, -0.25) is 0 Å². The number of nitrogens with zero attached hydrogens (tertiary/aromatic N) is 2. The van der Waals surface area contributed by atoms with Gasteiger partial charge in [-0.25, -0.2) is 0 Å². The van der Waals surface area contributed by atoms with Gasteiger partial charge in [-0.15, -0.1) is 0 Å². The van der Waals surface area contributed by atoms with Gasteiger partial charge in [0.25, 0.3) is 0 Å². The van der Waals surface area contributed by atoms with Crippen LogP contribution in [0.25, 0.3) is 66.1 Å². The zero-order chi connectivity index (χ0) is 45.2. The molecule has 0 amide bonds. The molecule has 0 bridgehead atoms. The van der Waals surface area contributed by atoms with Crippen molar-refractivity contribution in [3.8, 4) is 44.5 Å². The lowest BCUT2D eigenvalue weighted by molar-refractivity contribution is 1.28. The van der Waals surface area contributed by atoms with Crippen LogP contribution in [0.4, 0.5) is 34.1 Å². The monoisotopic (exact) mass is 882 g/mol. The standard InChI is InChI=1S/C62H54N2Si2/c1-65(2,3)52-39-35-50(36-40-52)63(46-19-9-7-10-20-46)48-31-27-44(28-32-48)59-54-23-13-14-24-55(54)60(62-57-26-16-18-43-17-15-25-56(58(43)57)61(59)62)45-29-33-49(34-30-45)64(47-21-11-8-12-22-47)51-37-41-53(42-38-51)66(4,5)6/h7-42H,1-6H3. The molecule has 4 heteroatoms. The third-order valence-electron chi connectivity index (χ3n) is 13.5. The molecule has 1 aliphatic rings. The summed E-state index contributed by atoms with van der Waals surface area (Å²) < 4.78 is 0. The zero-order valence-corrected chi connectivity index (χ0v) is 40.7. The molecule has 320 valence electrons. The summed E-state index contributed by atoms with van der Waals surface area (Å²) in [6.07, 6.45) is 0. The van der Waals surface area contributed by atoms with Gasteiger partial charge in [-0.2, -0.15) is 0 Å². The molecule has 2 nitrogen and oxygen atoms in total. The second kappa shape index (κ2) is 16.3. The first kappa shape index (κ1) is 41.5. The lowest BCUT2D eigenvalue weighted by Gasteiger charge is -2.27. The van der Waals surface area contributed by atoms with Crippen molar-refractivity contribution < 1.29 is 0 Å². The van der Waals surface area contributed by atoms with Crippen molar-refractivity contribution >= 4 is 82.2 Å². The topological polar surface area (TPSA) is 6.48 Å². The average molecular weight is 883 g/mol. The van der Waals surface area contributed by atoms with E-state index in [0.29, 0.717) is 0 Å². The van der Waals surface area contributed by atoms with E-state index < -0.39 is 16.1 Å². The number of fused-ring (bicyclic) bond motifs is 4. The summed E-state index contributed by atoms with van der Waals surface area (Å²) in [5.74, 6) is 0. The van der Waals surface area contributed by atoms with Gasteiger partial charge in [0.15, 0.2) is 0 Å². The first-order valence-electron chi connectivity index (χ1n) is 23.3. The van der Waals surface area contributed by atoms with Crippen molar-refractivity contribution in [3.63, 3.8) is 0 Å². The molecule has 0 atom stereocenters. The Morgan fingerprint density at radius 3 is 0.939 bits per heavy atom. The maximum absolute atomic E-state index is 2.41. The van der Waals surface area contributed by atoms with Crippen molar-refractivity contribution in [2.45, 2.75) is 39.3 Å². The van der Waals surface area contributed by atoms with Crippen LogP contribution in [0.1, 0.15) is 0 Å². The summed E-state index contributed by atoms with van der Waals surface area (Å²) in [7, 11) is -2.90. The lowest BCUT2D eigenvalue weighted by Crippen LogP contribution is -2.37. The molecule has 0 aromatic heterocycles. The van der Waals surface area contributed by atoms with E-state index in [1.165, 1.54) is 76.4 Å². The smallest absolute Gasteiger partial charge is 0.0775 e. The van der Waals surface area contributed by atoms with Gasteiger partial charge < -0.3 is 9.80 Å². The molecule has 0 saturated carbocycles. The highest BCUT2D eigenvalue weighted by atomic mass is 28.3. The van der Waals surface area contributed by atoms with E-state index in [4.69, 9.17) is 0 Å². The average Bonchev–Trinajstić information content (AvgIpc) is 3.67. The van der Waals surface area contributed by atoms with Crippen LogP contribution >= 0.6 is 0 Å². The molecule has 66 heavy (non-hydrogen) atoms. The first-order valence-corrected chi connectivity index (χ1v) is 30.3. The van der Waals surface area contributed by atoms with E-state index in [9.17, 15) is 0 Å². The van der Waals surface area contributed by atoms with Gasteiger partial charge in [-0.05, 0) is 139 Å². The fraction of sp³-hybridized carbons (Fsp3) is 0.0968. The maximum Gasteiger partial charge on any atom is 0.0775 e. The molecule has 10 aromatic carbocycles. The molecular weight excluding hydrogens is 829 g/mol. The summed E-state index contributed by atoms with van der Waals surface area (Å²) >= 11 is 0. The minimum Gasteiger partial charge on any atom is -0.311 e. The molecule has 0 saturated heterocycles. The van der Waals surface area contributed by atoms with E-state index in [-0.39, 0.29) is 0 Å². The van der Waals surface area contributed by atoms with Gasteiger partial charge >= 0.3 is 0 Å². The van der Waals surface area contributed by atoms with E-state index in [0.717, 1.165) is 34.1 Å². The lowest BCUT2D eigenvalue weighted by atomic mass is 9.82. The fourth-order valence-electron chi connectivity index (χ4n) is 10.2. The van der Waals surface area contributed by atoms with Gasteiger partial charge in [0.1, 0.15) is 0 Å². The number of hydrogen-bond donors (Lipinski definition) is 0. The number of hydrogen-bond acceptors (Lipinski definition) is 2. The Morgan fingerprint density at radius 1 is 0.273 bits per heavy atom. The highest BCUT2D eigenvalue weighted by molar-refractivity contribution is 6.89. The highest BCUT2D eigenvalue weighted by Crippen LogP contribution is 2.58. The SMILES string of the molecule is C[Si](C)(C)c1ccc(N(c2ccccc2)c2ccc(-c3c4c(c(-c5ccc(N(c6ccccc6)c6ccc([Si](C)(C)C)cc6)cc5)c5ccccc35)-c3cccc5cccc-4c35)cc2)cc1. The summed E-state index contributed by atoms with van der Waals surface area (Å²) in [6, 6.07) is 81.3. The third kappa shape index (κ3) is 7.27. The summed E-state index contributed by atoms with van der Waals surface area (Å²) in [5, 5.41) is 8.03. The van der Waals surface area contributed by atoms with Crippen molar-refractivity contribution in [2.24, 2.45) is 0 Å². The fourth-order valence-corrected chi connectivity index (χ4v) is 12.5. The molecule has 0 N–H and O–H groups in total. The molecule has 11 rings (SSSR count). The van der Waals surface area contributed by atoms with Crippen LogP contribution < -0.4 is 20.2 Å². The second-order valence-electron chi connectivity index (χ2n) is 19.8. The van der Waals surface area contributed by atoms with Crippen LogP contribution in [-0.2, 0) is 0 Å². The van der Waals surface area contributed by atoms with Gasteiger partial charge in [0, 0.05) is 34.1 Å². The number of rotatable bonds is 10. The first-order chi connectivity index (χ1) is 32.0. The molecule has 0 aliphatic heterocycles. The zero-order valence-electron chi connectivity index (χ0n) is 38.7. The van der Waals surface area contributed by atoms with E-state index >= 15 is 0 Å². The molecular formula is C62H54N2Si2. The molecule has 0 unspecified atom stereocenters. The molecule has 10 aromatic rings. The minimum atomic E-state index is -1.45. The number of para-hydroxylation sites is 2. The Kier molecular flexibility index (Phi) is 10.3. The number of benzene rings is 10. The summed E-state index contributed by atoms with van der Waals surface area (Å²) in [4.78, 5) is 4.76. The Morgan fingerprint density at radius 2 is 0.591 bits per heavy atom. The Balaban J connectivity index is 1.07. The molecule has 0 fully saturated rings.